The van der Waals surface area contributed by atoms with Gasteiger partial charge in [-0.25, -0.2) is 9.97 Å². The minimum Gasteiger partial charge on any atom is -0.384 e. The molecule has 2 aromatic rings. The van der Waals surface area contributed by atoms with Crippen molar-refractivity contribution in [3.8, 4) is 0 Å². The van der Waals surface area contributed by atoms with E-state index >= 15 is 0 Å². The molecular weight excluding hydrogens is 530 g/mol. The molecule has 11 heteroatoms. The Morgan fingerprint density at radius 2 is 1.37 bits per heavy atom. The van der Waals surface area contributed by atoms with Gasteiger partial charge in [0.05, 0.1) is 16.9 Å². The quantitative estimate of drug-likeness (QED) is 0.373. The summed E-state index contributed by atoms with van der Waals surface area (Å²) in [5, 5.41) is 12.4. The number of aromatic nitrogens is 2. The number of nitrogens with one attached hydrogen (secondary N) is 1. The third-order valence-electron chi connectivity index (χ3n) is 3.19. The first kappa shape index (κ1) is 30.7. The lowest BCUT2D eigenvalue weighted by Gasteiger charge is -2.24. The van der Waals surface area contributed by atoms with Crippen LogP contribution in [0.1, 0.15) is 46.0 Å². The van der Waals surface area contributed by atoms with Gasteiger partial charge in [-0.05, 0) is 83.8 Å². The van der Waals surface area contributed by atoms with Gasteiger partial charge in [0.2, 0.25) is 5.91 Å². The Bertz CT molecular complexity index is 764. The van der Waals surface area contributed by atoms with Crippen LogP contribution in [0.4, 0.5) is 13.5 Å². The van der Waals surface area contributed by atoms with Gasteiger partial charge in [-0.2, -0.15) is 0 Å². The summed E-state index contributed by atoms with van der Waals surface area (Å²) in [6.07, 6.45) is 0. The first-order chi connectivity index (χ1) is 13.8. The van der Waals surface area contributed by atoms with Gasteiger partial charge < -0.3 is 14.7 Å². The Morgan fingerprint density at radius 1 is 1.00 bits per heavy atom. The maximum Gasteiger partial charge on any atom is 0.351 e. The Kier molecular flexibility index (Phi) is 15.7. The molecule has 167 valence electrons. The maximum atomic E-state index is 11.0. The zero-order chi connectivity index (χ0) is 24.0. The monoisotopic (exact) mass is 554 g/mol. The summed E-state index contributed by atoms with van der Waals surface area (Å²) in [5.74, 6) is -0.0585. The zero-order valence-electron chi connectivity index (χ0n) is 17.7. The van der Waals surface area contributed by atoms with E-state index in [1.807, 2.05) is 44.2 Å². The summed E-state index contributed by atoms with van der Waals surface area (Å²) in [6, 6.07) is 11.1. The van der Waals surface area contributed by atoms with Crippen LogP contribution in [0, 0.1) is 0 Å². The van der Waals surface area contributed by atoms with Crippen molar-refractivity contribution in [2.75, 3.05) is 0 Å². The van der Waals surface area contributed by atoms with Crippen LogP contribution in [0.2, 0.25) is 6.82 Å². The molecule has 0 saturated heterocycles. The van der Waals surface area contributed by atoms with Crippen molar-refractivity contribution in [1.82, 2.24) is 15.3 Å². The molecule has 0 aliphatic heterocycles. The first-order valence-electron chi connectivity index (χ1n) is 8.63. The van der Waals surface area contributed by atoms with Gasteiger partial charge >= 0.3 is 7.56 Å². The molecule has 0 fully saturated rings. The Labute approximate surface area is 193 Å². The Hall–Kier alpha value is -1.46. The molecule has 5 nitrogen and oxygen atoms in total. The van der Waals surface area contributed by atoms with Gasteiger partial charge in [0.25, 0.3) is 0 Å². The van der Waals surface area contributed by atoms with Crippen molar-refractivity contribution in [2.45, 2.75) is 52.6 Å². The average molecular weight is 556 g/mol. The number of aliphatic hydroxyl groups is 1. The second-order valence-corrected chi connectivity index (χ2v) is 8.40. The lowest BCUT2D eigenvalue weighted by atomic mass is 10.00. The topological polar surface area (TPSA) is 75.1 Å². The van der Waals surface area contributed by atoms with E-state index < -0.39 is 11.1 Å². The molecule has 0 unspecified atom stereocenters. The molecule has 0 aliphatic rings. The van der Waals surface area contributed by atoms with Crippen molar-refractivity contribution in [1.29, 1.82) is 0 Å². The number of pyridine rings is 2. The number of nitrogens with zero attached hydrogens (tertiary/aromatic N) is 2. The van der Waals surface area contributed by atoms with Crippen LogP contribution in [0.25, 0.3) is 0 Å². The van der Waals surface area contributed by atoms with E-state index in [-0.39, 0.29) is 5.91 Å². The first-order valence-corrected chi connectivity index (χ1v) is 10.2. The normalized spacial score (nSPS) is 10.1. The van der Waals surface area contributed by atoms with E-state index in [9.17, 15) is 14.2 Å². The minimum absolute atomic E-state index is 0.0585. The number of hydrogen-bond donors (Lipinski definition) is 2. The number of carbonyl (C=O) groups is 1. The van der Waals surface area contributed by atoms with Crippen molar-refractivity contribution in [2.24, 2.45) is 0 Å². The highest BCUT2D eigenvalue weighted by molar-refractivity contribution is 9.10. The fraction of sp³-hybridized carbons (Fsp3) is 0.421. The van der Waals surface area contributed by atoms with Gasteiger partial charge in [0.1, 0.15) is 14.8 Å². The second kappa shape index (κ2) is 15.4. The number of rotatable bonds is 3. The standard InChI is InChI=1S/C10H13BrN2O.C8H10BrNO.CH3BF.F2/c1-7(14)13-10(2,3)8-5-4-6-9(11)12-8;1-8(2,11)6-4-3-5-7(9)10-6;1-2-3;1-2/h4-6H,1-3H3,(H,13,14);3-5,11H,1-2H3;1H3;. The highest BCUT2D eigenvalue weighted by Crippen LogP contribution is 2.20. The van der Waals surface area contributed by atoms with Crippen LogP contribution in [0.5, 0.6) is 0 Å². The molecule has 0 atom stereocenters. The second-order valence-electron chi connectivity index (χ2n) is 6.77. The number of halogens is 5. The number of carbonyl (C=O) groups excluding carboxylic acids is 1. The SMILES string of the molecule is CC(=O)NC(C)(C)c1cccc(Br)n1.CC(C)(O)c1cccc(Br)n1.C[B]F.FF. The summed E-state index contributed by atoms with van der Waals surface area (Å²) in [4.78, 5) is 19.4. The molecule has 2 aromatic heterocycles. The zero-order valence-corrected chi connectivity index (χ0v) is 20.9. The summed E-state index contributed by atoms with van der Waals surface area (Å²) in [7, 11) is 0.500. The maximum absolute atomic E-state index is 11.0. The number of hydrogen-bond acceptors (Lipinski definition) is 4. The molecule has 0 spiro atoms. The summed E-state index contributed by atoms with van der Waals surface area (Å²) in [5.41, 5.74) is 0.216. The van der Waals surface area contributed by atoms with Gasteiger partial charge in [-0.3, -0.25) is 4.79 Å². The van der Waals surface area contributed by atoms with E-state index in [1.54, 1.807) is 19.9 Å². The van der Waals surface area contributed by atoms with Crippen LogP contribution >= 0.6 is 31.9 Å². The van der Waals surface area contributed by atoms with Crippen molar-refractivity contribution in [3.05, 3.63) is 57.0 Å². The molecule has 0 aromatic carbocycles. The van der Waals surface area contributed by atoms with E-state index in [0.717, 1.165) is 14.9 Å². The molecule has 1 amide bonds. The number of amides is 1. The smallest absolute Gasteiger partial charge is 0.351 e. The molecule has 30 heavy (non-hydrogen) atoms. The van der Waals surface area contributed by atoms with Gasteiger partial charge in [0.15, 0.2) is 0 Å². The highest BCUT2D eigenvalue weighted by Gasteiger charge is 2.22. The minimum atomic E-state index is -0.857. The molecule has 2 heterocycles. The highest BCUT2D eigenvalue weighted by atomic mass is 79.9. The van der Waals surface area contributed by atoms with Gasteiger partial charge in [-0.1, -0.05) is 19.0 Å². The van der Waals surface area contributed by atoms with Crippen LogP contribution in [0.15, 0.2) is 45.6 Å². The van der Waals surface area contributed by atoms with Crippen LogP contribution in [-0.2, 0) is 15.9 Å². The van der Waals surface area contributed by atoms with E-state index in [4.69, 9.17) is 9.15 Å². The fourth-order valence-corrected chi connectivity index (χ4v) is 2.70. The fourth-order valence-electron chi connectivity index (χ4n) is 2.01. The predicted octanol–water partition coefficient (Wildman–Crippen LogP) is 5.75. The Balaban J connectivity index is 0. The Morgan fingerprint density at radius 3 is 1.67 bits per heavy atom. The van der Waals surface area contributed by atoms with Crippen molar-refractivity contribution >= 4 is 45.3 Å². The lowest BCUT2D eigenvalue weighted by molar-refractivity contribution is -0.120. The molecular formula is C19H26BBr2F3N3O2. The summed E-state index contributed by atoms with van der Waals surface area (Å²) in [6.45, 7) is 10.1. The van der Waals surface area contributed by atoms with Crippen LogP contribution in [0.3, 0.4) is 0 Å². The molecule has 2 N–H and O–H groups in total. The largest absolute Gasteiger partial charge is 0.384 e. The van der Waals surface area contributed by atoms with Gasteiger partial charge in [-0.15, -0.1) is 0 Å². The van der Waals surface area contributed by atoms with Crippen molar-refractivity contribution in [3.63, 3.8) is 0 Å². The van der Waals surface area contributed by atoms with E-state index in [2.05, 4.69) is 47.1 Å². The molecule has 0 aliphatic carbocycles. The molecule has 0 bridgehead atoms. The van der Waals surface area contributed by atoms with E-state index in [1.165, 1.54) is 13.7 Å². The summed E-state index contributed by atoms with van der Waals surface area (Å²) < 4.78 is 27.7. The molecule has 1 radical (unpaired) electrons. The third kappa shape index (κ3) is 13.7. The van der Waals surface area contributed by atoms with Crippen LogP contribution < -0.4 is 5.32 Å². The van der Waals surface area contributed by atoms with Gasteiger partial charge in [0, 0.05) is 16.1 Å². The van der Waals surface area contributed by atoms with Crippen molar-refractivity contribution < 1.29 is 23.4 Å². The lowest BCUT2D eigenvalue weighted by Crippen LogP contribution is -2.40. The molecule has 0 saturated carbocycles. The van der Waals surface area contributed by atoms with E-state index in [0.29, 0.717) is 13.3 Å². The predicted molar refractivity (Wildman–Crippen MR) is 121 cm³/mol. The average Bonchev–Trinajstić information content (AvgIpc) is 2.63. The summed E-state index contributed by atoms with van der Waals surface area (Å²) >= 11 is 6.53. The molecule has 2 rings (SSSR count). The third-order valence-corrected chi connectivity index (χ3v) is 4.07. The van der Waals surface area contributed by atoms with Crippen LogP contribution in [-0.4, -0.2) is 28.5 Å².